The molecule has 19 heteroatoms. The Morgan fingerprint density at radius 3 is 1.83 bits per heavy atom. The van der Waals surface area contributed by atoms with E-state index in [9.17, 15) is 28.8 Å². The number of aromatic amines is 2. The summed E-state index contributed by atoms with van der Waals surface area (Å²) in [5, 5.41) is 20.0. The number of H-pyrrole nitrogens is 2. The SMILES string of the molecule is COc1cc(C(=O)C(/N=N/c2ccc(C(=O)Nc3cc(C(=O)NCCN4CCCCC4)cc(C(=O)NCCN4CCCCC4)c3)cc2)C(=O)Nc2ccc3[nH]c(=O)[nH]c3c2)c(OC)cc1Cl. The highest BCUT2D eigenvalue weighted by molar-refractivity contribution is 6.32. The number of piperidine rings is 2. The van der Waals surface area contributed by atoms with Crippen LogP contribution in [0.25, 0.3) is 11.0 Å². The molecule has 4 amide bonds. The maximum Gasteiger partial charge on any atom is 0.323 e. The van der Waals surface area contributed by atoms with Crippen molar-refractivity contribution in [3.63, 3.8) is 0 Å². The number of hydrogen-bond acceptors (Lipinski definition) is 12. The lowest BCUT2D eigenvalue weighted by atomic mass is 10.0. The molecule has 2 aliphatic heterocycles. The fourth-order valence-corrected chi connectivity index (χ4v) is 8.17. The van der Waals surface area contributed by atoms with Crippen molar-refractivity contribution in [3.8, 4) is 11.5 Å². The summed E-state index contributed by atoms with van der Waals surface area (Å²) < 4.78 is 10.7. The molecule has 346 valence electrons. The molecular weight excluding hydrogens is 868 g/mol. The lowest BCUT2D eigenvalue weighted by Gasteiger charge is -2.26. The molecule has 66 heavy (non-hydrogen) atoms. The number of nitrogens with one attached hydrogen (secondary N) is 6. The number of Topliss-reactive ketones (excluding diaryl/α,β-unsaturated/α-hetero) is 1. The van der Waals surface area contributed by atoms with Crippen molar-refractivity contribution < 1.29 is 33.4 Å². The molecule has 0 saturated carbocycles. The molecule has 5 aromatic rings. The van der Waals surface area contributed by atoms with Gasteiger partial charge in [-0.1, -0.05) is 24.4 Å². The van der Waals surface area contributed by atoms with E-state index in [4.69, 9.17) is 21.1 Å². The van der Waals surface area contributed by atoms with Crippen LogP contribution in [0.2, 0.25) is 5.02 Å². The molecule has 0 aliphatic carbocycles. The van der Waals surface area contributed by atoms with Crippen LogP contribution in [-0.4, -0.2) is 122 Å². The summed E-state index contributed by atoms with van der Waals surface area (Å²) in [5.41, 5.74) is 1.85. The third kappa shape index (κ3) is 12.3. The Hall–Kier alpha value is -6.89. The Balaban J connectivity index is 1.08. The largest absolute Gasteiger partial charge is 0.496 e. The number of benzene rings is 4. The van der Waals surface area contributed by atoms with Gasteiger partial charge in [0.15, 0.2) is 0 Å². The normalized spacial score (nSPS) is 15.0. The zero-order chi connectivity index (χ0) is 46.6. The van der Waals surface area contributed by atoms with E-state index in [1.807, 2.05) is 0 Å². The molecule has 2 aliphatic rings. The number of methoxy groups -OCH3 is 2. The quantitative estimate of drug-likeness (QED) is 0.0332. The summed E-state index contributed by atoms with van der Waals surface area (Å²) in [6.07, 6.45) is 6.96. The summed E-state index contributed by atoms with van der Waals surface area (Å²) in [5.74, 6) is -2.66. The molecule has 6 N–H and O–H groups in total. The van der Waals surface area contributed by atoms with Crippen molar-refractivity contribution in [2.24, 2.45) is 10.2 Å². The second-order valence-corrected chi connectivity index (χ2v) is 16.5. The number of imidazole rings is 1. The first-order chi connectivity index (χ1) is 32.0. The number of likely N-dealkylation sites (tertiary alicyclic amines) is 2. The van der Waals surface area contributed by atoms with Crippen LogP contribution in [0.3, 0.4) is 0 Å². The summed E-state index contributed by atoms with van der Waals surface area (Å²) >= 11 is 6.29. The summed E-state index contributed by atoms with van der Waals surface area (Å²) in [4.78, 5) is 90.2. The number of rotatable bonds is 18. The van der Waals surface area contributed by atoms with Crippen LogP contribution < -0.4 is 36.4 Å². The second kappa shape index (κ2) is 22.3. The zero-order valence-corrected chi connectivity index (χ0v) is 37.6. The van der Waals surface area contributed by atoms with E-state index < -0.39 is 29.3 Å². The van der Waals surface area contributed by atoms with Crippen molar-refractivity contribution in [2.75, 3.05) is 77.2 Å². The van der Waals surface area contributed by atoms with Gasteiger partial charge in [0.05, 0.1) is 41.5 Å². The predicted octanol–water partition coefficient (Wildman–Crippen LogP) is 6.18. The first-order valence-corrected chi connectivity index (χ1v) is 22.3. The first kappa shape index (κ1) is 47.1. The van der Waals surface area contributed by atoms with E-state index in [0.29, 0.717) is 37.2 Å². The van der Waals surface area contributed by atoms with E-state index in [1.54, 1.807) is 12.1 Å². The van der Waals surface area contributed by atoms with Crippen LogP contribution >= 0.6 is 11.6 Å². The molecule has 1 atom stereocenters. The molecule has 4 aromatic carbocycles. The Labute approximate surface area is 385 Å². The van der Waals surface area contributed by atoms with Gasteiger partial charge in [0.1, 0.15) is 11.5 Å². The van der Waals surface area contributed by atoms with Crippen LogP contribution in [0.15, 0.2) is 87.8 Å². The highest BCUT2D eigenvalue weighted by atomic mass is 35.5. The Bertz CT molecular complexity index is 2600. The number of carbonyl (C=O) groups is 5. The van der Waals surface area contributed by atoms with E-state index >= 15 is 0 Å². The summed E-state index contributed by atoms with van der Waals surface area (Å²) in [6, 6.07) is 16.1. The lowest BCUT2D eigenvalue weighted by Crippen LogP contribution is -2.38. The maximum atomic E-state index is 14.1. The van der Waals surface area contributed by atoms with Crippen LogP contribution in [-0.2, 0) is 4.79 Å². The number of ether oxygens (including phenoxy) is 2. The summed E-state index contributed by atoms with van der Waals surface area (Å²) in [7, 11) is 2.72. The number of halogens is 1. The number of ketones is 1. The van der Waals surface area contributed by atoms with Crippen LogP contribution in [0.1, 0.15) is 80.0 Å². The van der Waals surface area contributed by atoms with E-state index in [2.05, 4.69) is 51.3 Å². The summed E-state index contributed by atoms with van der Waals surface area (Å²) in [6.45, 7) is 6.29. The third-order valence-electron chi connectivity index (χ3n) is 11.5. The molecule has 18 nitrogen and oxygen atoms in total. The number of amides is 4. The van der Waals surface area contributed by atoms with Gasteiger partial charge in [0.2, 0.25) is 11.8 Å². The van der Waals surface area contributed by atoms with Gasteiger partial charge in [-0.2, -0.15) is 10.2 Å². The molecule has 0 bridgehead atoms. The van der Waals surface area contributed by atoms with E-state index in [0.717, 1.165) is 51.9 Å². The smallest absolute Gasteiger partial charge is 0.323 e. The Morgan fingerprint density at radius 2 is 1.24 bits per heavy atom. The molecular formula is C47H53ClN10O8. The first-order valence-electron chi connectivity index (χ1n) is 21.9. The van der Waals surface area contributed by atoms with E-state index in [1.165, 1.54) is 87.7 Å². The highest BCUT2D eigenvalue weighted by Crippen LogP contribution is 2.34. The van der Waals surface area contributed by atoms with Crippen LogP contribution in [0.5, 0.6) is 11.5 Å². The van der Waals surface area contributed by atoms with Gasteiger partial charge in [0.25, 0.3) is 23.6 Å². The van der Waals surface area contributed by atoms with Gasteiger partial charge >= 0.3 is 5.69 Å². The minimum atomic E-state index is -1.75. The standard InChI is InChI=1S/C47H53ClN10O8/c1-65-39-28-36(48)40(66-2)27-35(39)42(59)41(46(63)51-33-13-14-37-38(26-33)54-47(64)53-37)56-55-32-11-9-29(10-12-32)45(62)52-34-24-30(43(60)49-15-21-57-17-5-3-6-18-57)23-31(25-34)44(61)50-16-22-58-19-7-4-8-20-58/h9-14,23-28,41H,3-8,15-22H2,1-2H3,(H,49,60)(H,50,61)(H,51,63)(H,52,62)(H2,53,54,64)/b56-55+. The van der Waals surface area contributed by atoms with Crippen LogP contribution in [0, 0.1) is 0 Å². The fraction of sp³-hybridized carbons (Fsp3) is 0.362. The predicted molar refractivity (Wildman–Crippen MR) is 251 cm³/mol. The van der Waals surface area contributed by atoms with Gasteiger partial charge < -0.3 is 50.5 Å². The number of nitrogens with zero attached hydrogens (tertiary/aromatic N) is 4. The Morgan fingerprint density at radius 1 is 0.652 bits per heavy atom. The molecule has 0 spiro atoms. The molecule has 7 rings (SSSR count). The number of azo groups is 1. The number of anilines is 2. The van der Waals surface area contributed by atoms with Crippen molar-refractivity contribution in [2.45, 2.75) is 44.6 Å². The van der Waals surface area contributed by atoms with E-state index in [-0.39, 0.29) is 67.7 Å². The van der Waals surface area contributed by atoms with Crippen molar-refractivity contribution in [1.82, 2.24) is 30.4 Å². The number of carbonyl (C=O) groups excluding carboxylic acids is 5. The molecule has 3 heterocycles. The molecule has 2 saturated heterocycles. The van der Waals surface area contributed by atoms with Gasteiger partial charge in [0, 0.05) is 60.3 Å². The average molecular weight is 921 g/mol. The number of aromatic nitrogens is 2. The number of hydrogen-bond donors (Lipinski definition) is 6. The van der Waals surface area contributed by atoms with Crippen molar-refractivity contribution >= 4 is 69.1 Å². The second-order valence-electron chi connectivity index (χ2n) is 16.1. The minimum Gasteiger partial charge on any atom is -0.496 e. The molecule has 1 aromatic heterocycles. The topological polar surface area (TPSA) is 232 Å². The number of fused-ring (bicyclic) bond motifs is 1. The molecule has 0 radical (unpaired) electrons. The minimum absolute atomic E-state index is 0.0487. The Kier molecular flexibility index (Phi) is 15.9. The maximum absolute atomic E-state index is 14.1. The van der Waals surface area contributed by atoms with Gasteiger partial charge in [-0.3, -0.25) is 24.0 Å². The third-order valence-corrected chi connectivity index (χ3v) is 11.8. The zero-order valence-electron chi connectivity index (χ0n) is 36.8. The lowest BCUT2D eigenvalue weighted by molar-refractivity contribution is -0.116. The van der Waals surface area contributed by atoms with Gasteiger partial charge in [-0.15, -0.1) is 0 Å². The fourth-order valence-electron chi connectivity index (χ4n) is 7.94. The monoisotopic (exact) mass is 920 g/mol. The van der Waals surface area contributed by atoms with Gasteiger partial charge in [-0.25, -0.2) is 4.79 Å². The van der Waals surface area contributed by atoms with Crippen LogP contribution in [0.4, 0.5) is 17.1 Å². The average Bonchev–Trinajstić information content (AvgIpc) is 3.71. The molecule has 1 unspecified atom stereocenters. The molecule has 2 fully saturated rings. The van der Waals surface area contributed by atoms with Crippen molar-refractivity contribution in [1.29, 1.82) is 0 Å². The highest BCUT2D eigenvalue weighted by Gasteiger charge is 2.31. The van der Waals surface area contributed by atoms with Crippen molar-refractivity contribution in [3.05, 3.63) is 111 Å². The van der Waals surface area contributed by atoms with Gasteiger partial charge in [-0.05, 0) is 119 Å².